The summed E-state index contributed by atoms with van der Waals surface area (Å²) in [5.41, 5.74) is 3.90. The number of imide groups is 4. The highest BCUT2D eigenvalue weighted by molar-refractivity contribution is 6.31. The van der Waals surface area contributed by atoms with Crippen LogP contribution in [-0.2, 0) is 32.0 Å². The lowest BCUT2D eigenvalue weighted by Crippen LogP contribution is -2.51. The summed E-state index contributed by atoms with van der Waals surface area (Å²) < 4.78 is 0. The Kier molecular flexibility index (Phi) is 9.16. The molecule has 0 spiro atoms. The SMILES string of the molecule is O=C1CC(=O)NC(=O)N1.O=C1NC(=O)C(=Cc2c3c(cc4ccccc24)CC=CC3)C(=O)N1.O=Cc1c2ccccc2cc2ccccc12. The molecule has 11 nitrogen and oxygen atoms in total. The highest BCUT2D eigenvalue weighted by Crippen LogP contribution is 2.31. The summed E-state index contributed by atoms with van der Waals surface area (Å²) >= 11 is 0. The van der Waals surface area contributed by atoms with E-state index in [1.807, 2.05) is 83.4 Å². The van der Waals surface area contributed by atoms with Gasteiger partial charge in [0.25, 0.3) is 11.8 Å². The second-order valence-corrected chi connectivity index (χ2v) is 11.3. The van der Waals surface area contributed by atoms with Crippen LogP contribution in [0.3, 0.4) is 0 Å². The maximum absolute atomic E-state index is 12.0. The Morgan fingerprint density at radius 3 is 1.53 bits per heavy atom. The fourth-order valence-electron chi connectivity index (χ4n) is 5.92. The minimum atomic E-state index is -0.787. The molecule has 3 aliphatic rings. The van der Waals surface area contributed by atoms with Crippen molar-refractivity contribution in [2.45, 2.75) is 19.3 Å². The van der Waals surface area contributed by atoms with Gasteiger partial charge in [0.2, 0.25) is 11.8 Å². The van der Waals surface area contributed by atoms with Crippen LogP contribution in [0.15, 0.2) is 103 Å². The molecule has 2 saturated heterocycles. The van der Waals surface area contributed by atoms with E-state index < -0.39 is 35.7 Å². The molecule has 4 N–H and O–H groups in total. The van der Waals surface area contributed by atoms with Gasteiger partial charge in [-0.1, -0.05) is 91.0 Å². The van der Waals surface area contributed by atoms with E-state index >= 15 is 0 Å². The summed E-state index contributed by atoms with van der Waals surface area (Å²) in [5, 5.41) is 14.4. The molecule has 5 aromatic rings. The fourth-order valence-corrected chi connectivity index (χ4v) is 5.92. The number of aldehydes is 1. The average molecular weight is 653 g/mol. The van der Waals surface area contributed by atoms with E-state index in [4.69, 9.17) is 0 Å². The molecule has 0 unspecified atom stereocenters. The number of carbonyl (C=O) groups excluding carboxylic acids is 7. The minimum absolute atomic E-state index is 0.0530. The molecule has 0 aromatic heterocycles. The number of hydrogen-bond donors (Lipinski definition) is 4. The number of hydrogen-bond acceptors (Lipinski definition) is 7. The first-order valence-electron chi connectivity index (χ1n) is 15.3. The highest BCUT2D eigenvalue weighted by atomic mass is 16.2. The molecular formula is C38H28N4O7. The molecule has 1 aliphatic carbocycles. The van der Waals surface area contributed by atoms with Crippen molar-refractivity contribution in [1.29, 1.82) is 0 Å². The van der Waals surface area contributed by atoms with Crippen LogP contribution in [0.5, 0.6) is 0 Å². The molecule has 2 aliphatic heterocycles. The van der Waals surface area contributed by atoms with Crippen molar-refractivity contribution in [2.24, 2.45) is 0 Å². The van der Waals surface area contributed by atoms with E-state index in [1.165, 1.54) is 5.56 Å². The van der Waals surface area contributed by atoms with Gasteiger partial charge >= 0.3 is 12.1 Å². The maximum Gasteiger partial charge on any atom is 0.328 e. The molecule has 2 heterocycles. The van der Waals surface area contributed by atoms with Gasteiger partial charge < -0.3 is 0 Å². The first-order valence-corrected chi connectivity index (χ1v) is 15.3. The summed E-state index contributed by atoms with van der Waals surface area (Å²) in [6.07, 6.45) is 8.07. The van der Waals surface area contributed by atoms with Crippen LogP contribution >= 0.6 is 0 Å². The topological polar surface area (TPSA) is 168 Å². The minimum Gasteiger partial charge on any atom is -0.298 e. The first-order chi connectivity index (χ1) is 23.7. The van der Waals surface area contributed by atoms with Crippen LogP contribution in [0.1, 0.15) is 33.5 Å². The Bertz CT molecular complexity index is 2180. The number of rotatable bonds is 2. The van der Waals surface area contributed by atoms with E-state index in [2.05, 4.69) is 34.9 Å². The van der Waals surface area contributed by atoms with Crippen LogP contribution < -0.4 is 21.3 Å². The Morgan fingerprint density at radius 1 is 0.531 bits per heavy atom. The summed E-state index contributed by atoms with van der Waals surface area (Å²) in [6.45, 7) is 0. The van der Waals surface area contributed by atoms with Gasteiger partial charge in [-0.05, 0) is 74.0 Å². The van der Waals surface area contributed by atoms with Gasteiger partial charge in [-0.2, -0.15) is 0 Å². The predicted molar refractivity (Wildman–Crippen MR) is 183 cm³/mol. The Balaban J connectivity index is 0.000000143. The number of carbonyl (C=O) groups is 7. The van der Waals surface area contributed by atoms with Gasteiger partial charge in [-0.3, -0.25) is 45.2 Å². The molecule has 0 atom stereocenters. The summed E-state index contributed by atoms with van der Waals surface area (Å²) in [6, 6.07) is 26.6. The molecule has 0 saturated carbocycles. The number of benzene rings is 5. The van der Waals surface area contributed by atoms with E-state index in [1.54, 1.807) is 6.08 Å². The molecule has 242 valence electrons. The van der Waals surface area contributed by atoms with Crippen LogP contribution in [0.25, 0.3) is 38.4 Å². The number of nitrogens with one attached hydrogen (secondary N) is 4. The summed E-state index contributed by atoms with van der Waals surface area (Å²) in [4.78, 5) is 77.4. The molecule has 0 radical (unpaired) electrons. The first kappa shape index (κ1) is 32.2. The third kappa shape index (κ3) is 7.00. The number of fused-ring (bicyclic) bond motifs is 4. The fraction of sp³-hybridized carbons (Fsp3) is 0.0789. The van der Waals surface area contributed by atoms with Gasteiger partial charge in [-0.25, -0.2) is 9.59 Å². The number of amides is 8. The average Bonchev–Trinajstić information content (AvgIpc) is 3.08. The van der Waals surface area contributed by atoms with E-state index in [0.717, 1.165) is 68.1 Å². The zero-order valence-electron chi connectivity index (χ0n) is 25.9. The van der Waals surface area contributed by atoms with E-state index in [-0.39, 0.29) is 12.0 Å². The molecule has 5 aromatic carbocycles. The van der Waals surface area contributed by atoms with Crippen molar-refractivity contribution in [3.63, 3.8) is 0 Å². The second kappa shape index (κ2) is 13.9. The molecule has 0 bridgehead atoms. The van der Waals surface area contributed by atoms with E-state index in [0.29, 0.717) is 0 Å². The van der Waals surface area contributed by atoms with Crippen molar-refractivity contribution in [3.8, 4) is 0 Å². The van der Waals surface area contributed by atoms with Gasteiger partial charge in [0.15, 0.2) is 6.29 Å². The number of allylic oxidation sites excluding steroid dienone is 2. The lowest BCUT2D eigenvalue weighted by molar-refractivity contribution is -0.130. The largest absolute Gasteiger partial charge is 0.328 e. The van der Waals surface area contributed by atoms with Gasteiger partial charge in [0.05, 0.1) is 0 Å². The normalized spacial score (nSPS) is 15.1. The van der Waals surface area contributed by atoms with Crippen molar-refractivity contribution in [2.75, 3.05) is 0 Å². The van der Waals surface area contributed by atoms with Crippen LogP contribution in [0.4, 0.5) is 9.59 Å². The van der Waals surface area contributed by atoms with Crippen LogP contribution in [0, 0.1) is 0 Å². The second-order valence-electron chi connectivity index (χ2n) is 11.3. The monoisotopic (exact) mass is 652 g/mol. The van der Waals surface area contributed by atoms with Crippen molar-refractivity contribution in [1.82, 2.24) is 21.3 Å². The van der Waals surface area contributed by atoms with Gasteiger partial charge in [0, 0.05) is 5.56 Å². The highest BCUT2D eigenvalue weighted by Gasteiger charge is 2.28. The summed E-state index contributed by atoms with van der Waals surface area (Å²) in [5.74, 6) is -2.44. The zero-order valence-corrected chi connectivity index (χ0v) is 25.9. The molecular weight excluding hydrogens is 624 g/mol. The van der Waals surface area contributed by atoms with Crippen molar-refractivity contribution < 1.29 is 33.6 Å². The van der Waals surface area contributed by atoms with Gasteiger partial charge in [0.1, 0.15) is 12.0 Å². The molecule has 8 amide bonds. The maximum atomic E-state index is 12.0. The van der Waals surface area contributed by atoms with Crippen molar-refractivity contribution >= 4 is 80.4 Å². The van der Waals surface area contributed by atoms with Crippen LogP contribution in [0.2, 0.25) is 0 Å². The number of barbiturate groups is 2. The molecule has 2 fully saturated rings. The van der Waals surface area contributed by atoms with Gasteiger partial charge in [-0.15, -0.1) is 0 Å². The summed E-state index contributed by atoms with van der Waals surface area (Å²) in [7, 11) is 0. The zero-order chi connectivity index (χ0) is 34.5. The molecule has 11 heteroatoms. The molecule has 8 rings (SSSR count). The third-order valence-corrected chi connectivity index (χ3v) is 8.11. The Labute approximate surface area is 279 Å². The lowest BCUT2D eigenvalue weighted by Gasteiger charge is -2.19. The smallest absolute Gasteiger partial charge is 0.298 e. The third-order valence-electron chi connectivity index (χ3n) is 8.11. The van der Waals surface area contributed by atoms with E-state index in [9.17, 15) is 33.6 Å². The standard InChI is InChI=1S/C19H14N2O3.C15H10O.C4H4N2O3/c22-17-16(18(23)21-19(24)20-17)10-15-13-7-3-1-5-11(13)9-12-6-2-4-8-14(12)15;16-10-15-13-7-3-1-5-11(13)9-12-6-2-4-8-14(12)15;7-2-1-3(8)6-4(9)5-2/h1-5,7,9-10H,6,8H2,(H2,20,21,22,23,24);1-10H;1H2,(H2,5,6,7,8,9). The van der Waals surface area contributed by atoms with Crippen molar-refractivity contribution in [3.05, 3.63) is 125 Å². The number of urea groups is 2. The predicted octanol–water partition coefficient (Wildman–Crippen LogP) is 4.79. The van der Waals surface area contributed by atoms with Crippen LogP contribution in [-0.4, -0.2) is 42.0 Å². The lowest BCUT2D eigenvalue weighted by atomic mass is 9.87. The quantitative estimate of drug-likeness (QED) is 0.0531. The Morgan fingerprint density at radius 2 is 1.00 bits per heavy atom. The molecule has 49 heavy (non-hydrogen) atoms. The Hall–Kier alpha value is -6.75.